The van der Waals surface area contributed by atoms with Gasteiger partial charge in [-0.05, 0) is 36.4 Å². The van der Waals surface area contributed by atoms with Gasteiger partial charge in [-0.25, -0.2) is 0 Å². The molecule has 0 aliphatic carbocycles. The van der Waals surface area contributed by atoms with Crippen LogP contribution in [0.5, 0.6) is 23.0 Å². The van der Waals surface area contributed by atoms with Gasteiger partial charge in [-0.15, -0.1) is 0 Å². The number of amides is 1. The van der Waals surface area contributed by atoms with Gasteiger partial charge in [0.1, 0.15) is 30.8 Å². The van der Waals surface area contributed by atoms with Crippen molar-refractivity contribution in [2.45, 2.75) is 13.0 Å². The molecule has 0 spiro atoms. The van der Waals surface area contributed by atoms with Crippen molar-refractivity contribution >= 4 is 11.6 Å². The van der Waals surface area contributed by atoms with Crippen LogP contribution in [0.2, 0.25) is 0 Å². The summed E-state index contributed by atoms with van der Waals surface area (Å²) in [6.45, 7) is 1.82. The lowest BCUT2D eigenvalue weighted by Crippen LogP contribution is -2.25. The van der Waals surface area contributed by atoms with Gasteiger partial charge in [0, 0.05) is 18.7 Å². The summed E-state index contributed by atoms with van der Waals surface area (Å²) in [5, 5.41) is 12.6. The number of anilines is 1. The van der Waals surface area contributed by atoms with Crippen LogP contribution in [0.4, 0.5) is 5.69 Å². The van der Waals surface area contributed by atoms with Crippen LogP contribution in [0.3, 0.4) is 0 Å². The molecule has 0 saturated heterocycles. The average molecular weight is 345 g/mol. The predicted octanol–water partition coefficient (Wildman–Crippen LogP) is 2.19. The van der Waals surface area contributed by atoms with Crippen LogP contribution in [-0.4, -0.2) is 37.1 Å². The molecule has 0 aromatic heterocycles. The molecule has 132 valence electrons. The molecule has 25 heavy (non-hydrogen) atoms. The number of nitrogens with one attached hydrogen (secondary N) is 1. The lowest BCUT2D eigenvalue weighted by Gasteiger charge is -2.14. The molecule has 1 amide bonds. The van der Waals surface area contributed by atoms with Crippen molar-refractivity contribution in [3.8, 4) is 23.0 Å². The van der Waals surface area contributed by atoms with E-state index in [9.17, 15) is 9.90 Å². The summed E-state index contributed by atoms with van der Waals surface area (Å²) in [7, 11) is 0. The molecule has 0 fully saturated rings. The first-order valence-corrected chi connectivity index (χ1v) is 7.81. The zero-order valence-corrected chi connectivity index (χ0v) is 13.7. The van der Waals surface area contributed by atoms with E-state index in [1.807, 2.05) is 0 Å². The maximum Gasteiger partial charge on any atom is 0.231 e. The topological polar surface area (TPSA) is 86.3 Å². The molecule has 1 heterocycles. The van der Waals surface area contributed by atoms with Gasteiger partial charge in [0.05, 0.1) is 0 Å². The van der Waals surface area contributed by atoms with Crippen molar-refractivity contribution in [1.29, 1.82) is 0 Å². The molecule has 1 aliphatic rings. The molecule has 2 aromatic carbocycles. The Morgan fingerprint density at radius 2 is 1.72 bits per heavy atom. The lowest BCUT2D eigenvalue weighted by atomic mass is 10.3. The Kier molecular flexibility index (Phi) is 5.25. The SMILES string of the molecule is CC(=O)Nc1ccc(OCC(O)COc2ccc3c(c2)OCO3)cc1. The van der Waals surface area contributed by atoms with E-state index in [0.29, 0.717) is 28.7 Å². The highest BCUT2D eigenvalue weighted by molar-refractivity contribution is 5.88. The van der Waals surface area contributed by atoms with Gasteiger partial charge in [0.2, 0.25) is 12.7 Å². The van der Waals surface area contributed by atoms with E-state index in [2.05, 4.69) is 5.32 Å². The number of fused-ring (bicyclic) bond motifs is 1. The maximum absolute atomic E-state index is 11.0. The second-order valence-electron chi connectivity index (χ2n) is 5.50. The Bertz CT molecular complexity index is 731. The molecule has 0 saturated carbocycles. The van der Waals surface area contributed by atoms with Crippen LogP contribution >= 0.6 is 0 Å². The first-order chi connectivity index (χ1) is 12.1. The Morgan fingerprint density at radius 1 is 1.08 bits per heavy atom. The summed E-state index contributed by atoms with van der Waals surface area (Å²) >= 11 is 0. The van der Waals surface area contributed by atoms with E-state index >= 15 is 0 Å². The van der Waals surface area contributed by atoms with Gasteiger partial charge < -0.3 is 29.4 Å². The number of hydrogen-bond donors (Lipinski definition) is 2. The Balaban J connectivity index is 1.43. The van der Waals surface area contributed by atoms with Crippen molar-refractivity contribution < 1.29 is 28.8 Å². The van der Waals surface area contributed by atoms with E-state index in [0.717, 1.165) is 0 Å². The third kappa shape index (κ3) is 4.77. The van der Waals surface area contributed by atoms with Crippen molar-refractivity contribution in [1.82, 2.24) is 0 Å². The summed E-state index contributed by atoms with van der Waals surface area (Å²) in [5.41, 5.74) is 0.687. The fourth-order valence-electron chi connectivity index (χ4n) is 2.24. The summed E-state index contributed by atoms with van der Waals surface area (Å²) in [4.78, 5) is 11.0. The van der Waals surface area contributed by atoms with Crippen molar-refractivity contribution in [3.63, 3.8) is 0 Å². The first-order valence-electron chi connectivity index (χ1n) is 7.81. The van der Waals surface area contributed by atoms with Crippen LogP contribution in [0.15, 0.2) is 42.5 Å². The number of aliphatic hydroxyl groups excluding tert-OH is 1. The number of rotatable bonds is 7. The normalized spacial score (nSPS) is 13.2. The van der Waals surface area contributed by atoms with Crippen molar-refractivity contribution in [2.24, 2.45) is 0 Å². The highest BCUT2D eigenvalue weighted by Crippen LogP contribution is 2.35. The standard InChI is InChI=1S/C18H19NO6/c1-12(20)19-13-2-4-15(5-3-13)22-9-14(21)10-23-16-6-7-17-18(8-16)25-11-24-17/h2-8,14,21H,9-11H2,1H3,(H,19,20). The van der Waals surface area contributed by atoms with Gasteiger partial charge >= 0.3 is 0 Å². The minimum Gasteiger partial charge on any atom is -0.491 e. The molecule has 2 aromatic rings. The molecular weight excluding hydrogens is 326 g/mol. The lowest BCUT2D eigenvalue weighted by molar-refractivity contribution is -0.114. The van der Waals surface area contributed by atoms with Gasteiger partial charge in [-0.3, -0.25) is 4.79 Å². The van der Waals surface area contributed by atoms with E-state index < -0.39 is 6.10 Å². The number of ether oxygens (including phenoxy) is 4. The van der Waals surface area contributed by atoms with Crippen molar-refractivity contribution in [3.05, 3.63) is 42.5 Å². The Morgan fingerprint density at radius 3 is 2.44 bits per heavy atom. The zero-order valence-electron chi connectivity index (χ0n) is 13.7. The molecular formula is C18H19NO6. The molecule has 3 rings (SSSR count). The van der Waals surface area contributed by atoms with Gasteiger partial charge in [0.25, 0.3) is 0 Å². The molecule has 7 nitrogen and oxygen atoms in total. The summed E-state index contributed by atoms with van der Waals surface area (Å²) in [5.74, 6) is 2.35. The third-order valence-corrected chi connectivity index (χ3v) is 3.40. The fourth-order valence-corrected chi connectivity index (χ4v) is 2.24. The Hall–Kier alpha value is -2.93. The monoisotopic (exact) mass is 345 g/mol. The molecule has 1 unspecified atom stereocenters. The molecule has 7 heteroatoms. The van der Waals surface area contributed by atoms with Crippen LogP contribution < -0.4 is 24.3 Å². The van der Waals surface area contributed by atoms with Gasteiger partial charge in [-0.1, -0.05) is 0 Å². The molecule has 2 N–H and O–H groups in total. The number of hydrogen-bond acceptors (Lipinski definition) is 6. The zero-order chi connectivity index (χ0) is 17.6. The molecule has 0 radical (unpaired) electrons. The van der Waals surface area contributed by atoms with E-state index in [4.69, 9.17) is 18.9 Å². The first kappa shape index (κ1) is 16.9. The van der Waals surface area contributed by atoms with Crippen LogP contribution in [0, 0.1) is 0 Å². The quantitative estimate of drug-likeness (QED) is 0.800. The van der Waals surface area contributed by atoms with Crippen LogP contribution in [0.25, 0.3) is 0 Å². The molecule has 0 bridgehead atoms. The highest BCUT2D eigenvalue weighted by atomic mass is 16.7. The summed E-state index contributed by atoms with van der Waals surface area (Å²) < 4.78 is 21.5. The van der Waals surface area contributed by atoms with E-state index in [1.165, 1.54) is 6.92 Å². The predicted molar refractivity (Wildman–Crippen MR) is 90.3 cm³/mol. The second-order valence-corrected chi connectivity index (χ2v) is 5.50. The van der Waals surface area contributed by atoms with Gasteiger partial charge in [-0.2, -0.15) is 0 Å². The van der Waals surface area contributed by atoms with Crippen LogP contribution in [-0.2, 0) is 4.79 Å². The number of benzene rings is 2. The Labute approximate surface area is 145 Å². The van der Waals surface area contributed by atoms with E-state index in [-0.39, 0.29) is 25.9 Å². The third-order valence-electron chi connectivity index (χ3n) is 3.40. The largest absolute Gasteiger partial charge is 0.491 e. The summed E-state index contributed by atoms with van der Waals surface area (Å²) in [6.07, 6.45) is -0.791. The van der Waals surface area contributed by atoms with E-state index in [1.54, 1.807) is 42.5 Å². The molecule has 1 atom stereocenters. The number of carbonyl (C=O) groups is 1. The van der Waals surface area contributed by atoms with Crippen LogP contribution in [0.1, 0.15) is 6.92 Å². The maximum atomic E-state index is 11.0. The number of carbonyl (C=O) groups excluding carboxylic acids is 1. The highest BCUT2D eigenvalue weighted by Gasteiger charge is 2.14. The minimum atomic E-state index is -0.791. The van der Waals surface area contributed by atoms with Gasteiger partial charge in [0.15, 0.2) is 11.5 Å². The number of aliphatic hydroxyl groups is 1. The second kappa shape index (κ2) is 7.76. The summed E-state index contributed by atoms with van der Waals surface area (Å²) in [6, 6.07) is 12.1. The molecule has 1 aliphatic heterocycles. The van der Waals surface area contributed by atoms with Crippen molar-refractivity contribution in [2.75, 3.05) is 25.3 Å². The fraction of sp³-hybridized carbons (Fsp3) is 0.278. The average Bonchev–Trinajstić information content (AvgIpc) is 3.06. The smallest absolute Gasteiger partial charge is 0.231 e. The minimum absolute atomic E-state index is 0.0869.